The molecule has 3 amide bonds. The van der Waals surface area contributed by atoms with E-state index in [4.69, 9.17) is 5.73 Å². The first kappa shape index (κ1) is 22.3. The van der Waals surface area contributed by atoms with E-state index >= 15 is 0 Å². The number of allylic oxidation sites excluding steroid dienone is 1. The molecular weight excluding hydrogens is 420 g/mol. The number of amides is 3. The quantitative estimate of drug-likeness (QED) is 0.527. The van der Waals surface area contributed by atoms with E-state index in [0.717, 1.165) is 25.7 Å². The Hall–Kier alpha value is -1.94. The zero-order valence-corrected chi connectivity index (χ0v) is 18.5. The summed E-state index contributed by atoms with van der Waals surface area (Å²) in [5, 5.41) is 2.30. The second kappa shape index (κ2) is 8.54. The first-order chi connectivity index (χ1) is 14.7. The summed E-state index contributed by atoms with van der Waals surface area (Å²) in [5.41, 5.74) is 4.82. The van der Waals surface area contributed by atoms with Crippen molar-refractivity contribution in [3.63, 3.8) is 0 Å². The van der Waals surface area contributed by atoms with Gasteiger partial charge >= 0.3 is 0 Å². The normalized spacial score (nSPS) is 34.7. The molecule has 4 N–H and O–H groups in total. The van der Waals surface area contributed by atoms with E-state index in [0.29, 0.717) is 45.1 Å². The van der Waals surface area contributed by atoms with E-state index in [-0.39, 0.29) is 11.8 Å². The number of fused-ring (bicyclic) bond motifs is 2. The topological polar surface area (TPSA) is 139 Å². The van der Waals surface area contributed by atoms with Crippen molar-refractivity contribution in [2.75, 3.05) is 6.54 Å². The molecule has 0 spiro atoms. The summed E-state index contributed by atoms with van der Waals surface area (Å²) < 4.78 is 26.8. The van der Waals surface area contributed by atoms with Gasteiger partial charge in [-0.1, -0.05) is 25.0 Å². The lowest BCUT2D eigenvalue weighted by Crippen LogP contribution is -2.57. The molecule has 2 aliphatic carbocycles. The molecule has 2 aliphatic heterocycles. The van der Waals surface area contributed by atoms with E-state index < -0.39 is 44.7 Å². The van der Waals surface area contributed by atoms with Gasteiger partial charge < -0.3 is 16.0 Å². The van der Waals surface area contributed by atoms with E-state index in [1.54, 1.807) is 0 Å². The summed E-state index contributed by atoms with van der Waals surface area (Å²) in [5.74, 6) is -1.58. The molecule has 172 valence electrons. The fourth-order valence-electron chi connectivity index (χ4n) is 4.67. The number of nitrogens with two attached hydrogens (primary N) is 1. The van der Waals surface area contributed by atoms with Crippen LogP contribution in [-0.2, 0) is 24.4 Å². The number of carbonyl (C=O) groups is 3. The molecule has 4 unspecified atom stereocenters. The minimum atomic E-state index is -3.72. The van der Waals surface area contributed by atoms with Crippen molar-refractivity contribution in [1.29, 1.82) is 0 Å². The summed E-state index contributed by atoms with van der Waals surface area (Å²) >= 11 is 0. The van der Waals surface area contributed by atoms with E-state index in [2.05, 4.69) is 10.0 Å². The van der Waals surface area contributed by atoms with Gasteiger partial charge in [0.05, 0.1) is 11.3 Å². The number of carbonyl (C=O) groups excluding carboxylic acids is 3. The van der Waals surface area contributed by atoms with E-state index in [1.165, 1.54) is 4.90 Å². The Kier molecular flexibility index (Phi) is 6.13. The molecule has 2 heterocycles. The number of hydrogen-bond donors (Lipinski definition) is 3. The Labute approximate surface area is 183 Å². The molecule has 4 aliphatic rings. The third-order valence-corrected chi connectivity index (χ3v) is 8.69. The van der Waals surface area contributed by atoms with Crippen molar-refractivity contribution in [1.82, 2.24) is 14.9 Å². The molecular formula is C21H32N4O5S. The molecule has 31 heavy (non-hydrogen) atoms. The highest BCUT2D eigenvalue weighted by molar-refractivity contribution is 7.91. The zero-order valence-electron chi connectivity index (χ0n) is 17.7. The van der Waals surface area contributed by atoms with Crippen molar-refractivity contribution in [2.45, 2.75) is 87.1 Å². The van der Waals surface area contributed by atoms with Crippen LogP contribution < -0.4 is 15.8 Å². The van der Waals surface area contributed by atoms with E-state index in [9.17, 15) is 22.8 Å². The van der Waals surface area contributed by atoms with Crippen molar-refractivity contribution in [3.8, 4) is 0 Å². The molecule has 2 saturated carbocycles. The van der Waals surface area contributed by atoms with Crippen molar-refractivity contribution in [2.24, 2.45) is 11.7 Å². The smallest absolute Gasteiger partial charge is 0.259 e. The van der Waals surface area contributed by atoms with Gasteiger partial charge in [0.15, 0.2) is 0 Å². The van der Waals surface area contributed by atoms with Crippen LogP contribution in [0.1, 0.15) is 64.2 Å². The van der Waals surface area contributed by atoms with Crippen molar-refractivity contribution < 1.29 is 22.8 Å². The van der Waals surface area contributed by atoms with Gasteiger partial charge in [-0.05, 0) is 51.4 Å². The highest BCUT2D eigenvalue weighted by atomic mass is 32.2. The van der Waals surface area contributed by atoms with Gasteiger partial charge in [-0.2, -0.15) is 0 Å². The van der Waals surface area contributed by atoms with Gasteiger partial charge in [0.1, 0.15) is 11.6 Å². The Morgan fingerprint density at radius 3 is 2.65 bits per heavy atom. The number of sulfonamides is 1. The Morgan fingerprint density at radius 2 is 1.90 bits per heavy atom. The van der Waals surface area contributed by atoms with Crippen LogP contribution in [-0.4, -0.2) is 60.5 Å². The maximum atomic E-state index is 13.1. The van der Waals surface area contributed by atoms with Crippen molar-refractivity contribution >= 4 is 27.7 Å². The Morgan fingerprint density at radius 1 is 1.13 bits per heavy atom. The largest absolute Gasteiger partial charge is 0.339 e. The second-order valence-corrected chi connectivity index (χ2v) is 11.3. The zero-order chi connectivity index (χ0) is 22.2. The first-order valence-corrected chi connectivity index (χ1v) is 12.9. The lowest BCUT2D eigenvalue weighted by atomic mass is 10.1. The van der Waals surface area contributed by atoms with Gasteiger partial charge in [0, 0.05) is 12.5 Å². The molecule has 1 saturated heterocycles. The molecule has 4 rings (SSSR count). The number of nitrogens with zero attached hydrogens (tertiary/aromatic N) is 1. The third-order valence-electron chi connectivity index (χ3n) is 6.87. The van der Waals surface area contributed by atoms with Gasteiger partial charge in [-0.15, -0.1) is 0 Å². The summed E-state index contributed by atoms with van der Waals surface area (Å²) in [6.45, 7) is 0.462. The SMILES string of the molecule is NC1CCCCCC=CC2CC2(C(=O)NS(=O)(=O)C2CC2)NC(=O)C2CCCN2C1=O. The fourth-order valence-corrected chi connectivity index (χ4v) is 6.03. The van der Waals surface area contributed by atoms with Crippen LogP contribution in [0.2, 0.25) is 0 Å². The number of nitrogens with one attached hydrogen (secondary N) is 2. The van der Waals surface area contributed by atoms with Crippen LogP contribution in [0.5, 0.6) is 0 Å². The molecule has 3 fully saturated rings. The summed E-state index contributed by atoms with van der Waals surface area (Å²) in [4.78, 5) is 40.5. The predicted octanol–water partition coefficient (Wildman–Crippen LogP) is 0.308. The average molecular weight is 453 g/mol. The Balaban J connectivity index is 1.56. The van der Waals surface area contributed by atoms with Gasteiger partial charge in [-0.25, -0.2) is 8.42 Å². The van der Waals surface area contributed by atoms with Gasteiger partial charge in [0.2, 0.25) is 21.8 Å². The number of rotatable bonds is 3. The summed E-state index contributed by atoms with van der Waals surface area (Å²) in [6, 6.07) is -1.32. The van der Waals surface area contributed by atoms with E-state index in [1.807, 2.05) is 12.2 Å². The Bertz CT molecular complexity index is 884. The minimum Gasteiger partial charge on any atom is -0.339 e. The predicted molar refractivity (Wildman–Crippen MR) is 114 cm³/mol. The van der Waals surface area contributed by atoms with Crippen LogP contribution >= 0.6 is 0 Å². The van der Waals surface area contributed by atoms with Crippen LogP contribution in [0.3, 0.4) is 0 Å². The van der Waals surface area contributed by atoms with Gasteiger partial charge in [-0.3, -0.25) is 19.1 Å². The maximum absolute atomic E-state index is 13.1. The lowest BCUT2D eigenvalue weighted by Gasteiger charge is -2.28. The standard InChI is InChI=1S/C21H32N4O5S/c22-16-8-5-3-1-2-4-7-14-13-21(14,20(28)24-31(29,30)15-10-11-15)23-18(26)17-9-6-12-25(17)19(16)27/h4,7,14-17H,1-3,5-6,8-13,22H2,(H,23,26)(H,24,28). The minimum absolute atomic E-state index is 0.229. The highest BCUT2D eigenvalue weighted by Crippen LogP contribution is 2.46. The van der Waals surface area contributed by atoms with Crippen LogP contribution in [0.15, 0.2) is 12.2 Å². The molecule has 0 aromatic carbocycles. The second-order valence-electron chi connectivity index (χ2n) is 9.31. The lowest BCUT2D eigenvalue weighted by molar-refractivity contribution is -0.140. The molecule has 10 heteroatoms. The molecule has 0 radical (unpaired) electrons. The fraction of sp³-hybridized carbons (Fsp3) is 0.762. The van der Waals surface area contributed by atoms with Crippen LogP contribution in [0.4, 0.5) is 0 Å². The third kappa shape index (κ3) is 4.64. The van der Waals surface area contributed by atoms with Gasteiger partial charge in [0.25, 0.3) is 5.91 Å². The number of hydrogen-bond acceptors (Lipinski definition) is 6. The molecule has 0 aromatic heterocycles. The molecule has 9 nitrogen and oxygen atoms in total. The van der Waals surface area contributed by atoms with Crippen LogP contribution in [0, 0.1) is 5.92 Å². The maximum Gasteiger partial charge on any atom is 0.259 e. The first-order valence-electron chi connectivity index (χ1n) is 11.4. The molecule has 0 bridgehead atoms. The van der Waals surface area contributed by atoms with Crippen molar-refractivity contribution in [3.05, 3.63) is 12.2 Å². The monoisotopic (exact) mass is 452 g/mol. The molecule has 4 atom stereocenters. The van der Waals surface area contributed by atoms with Crippen LogP contribution in [0.25, 0.3) is 0 Å². The average Bonchev–Trinajstić information content (AvgIpc) is 3.63. The molecule has 0 aromatic rings. The highest BCUT2D eigenvalue weighted by Gasteiger charge is 2.61. The summed E-state index contributed by atoms with van der Waals surface area (Å²) in [7, 11) is -3.72. The summed E-state index contributed by atoms with van der Waals surface area (Å²) in [6.07, 6.45) is 10.7.